The average molecular weight is 455 g/mol. The van der Waals surface area contributed by atoms with Crippen molar-refractivity contribution >= 4 is 21.9 Å². The number of phenols is 1. The minimum Gasteiger partial charge on any atom is -0.507 e. The molecule has 7 nitrogen and oxygen atoms in total. The highest BCUT2D eigenvalue weighted by Gasteiger charge is 2.35. The number of aliphatic hydroxyl groups is 2. The molecule has 0 spiro atoms. The van der Waals surface area contributed by atoms with Crippen molar-refractivity contribution in [1.82, 2.24) is 0 Å². The molecule has 0 saturated carbocycles. The van der Waals surface area contributed by atoms with E-state index in [1.165, 1.54) is 13.2 Å². The van der Waals surface area contributed by atoms with Crippen LogP contribution in [0.25, 0.3) is 21.9 Å². The summed E-state index contributed by atoms with van der Waals surface area (Å²) >= 11 is 0. The van der Waals surface area contributed by atoms with Crippen LogP contribution in [0.2, 0.25) is 0 Å². The molecule has 2 heterocycles. The number of aryl methyl sites for hydroxylation is 1. The zero-order chi connectivity index (χ0) is 24.2. The molecular weight excluding hydrogens is 424 g/mol. The molecule has 3 atom stereocenters. The number of hydrogen-bond acceptors (Lipinski definition) is 7. The van der Waals surface area contributed by atoms with Crippen LogP contribution in [-0.2, 0) is 11.2 Å². The molecule has 0 aliphatic carbocycles. The summed E-state index contributed by atoms with van der Waals surface area (Å²) in [5.41, 5.74) is 1.57. The predicted molar refractivity (Wildman–Crippen MR) is 126 cm³/mol. The van der Waals surface area contributed by atoms with E-state index < -0.39 is 23.2 Å². The molecule has 4 rings (SSSR count). The number of benzene rings is 2. The van der Waals surface area contributed by atoms with Crippen LogP contribution in [0.5, 0.6) is 11.5 Å². The molecule has 3 N–H and O–H groups in total. The van der Waals surface area contributed by atoms with Gasteiger partial charge in [0.25, 0.3) is 0 Å². The Labute approximate surface area is 191 Å². The smallest absolute Gasteiger partial charge is 0.204 e. The number of aromatic hydroxyl groups is 1. The highest BCUT2D eigenvalue weighted by atomic mass is 16.5. The number of hydrogen-bond donors (Lipinski definition) is 3. The quantitative estimate of drug-likeness (QED) is 0.396. The second-order valence-electron chi connectivity index (χ2n) is 9.42. The summed E-state index contributed by atoms with van der Waals surface area (Å²) < 4.78 is 17.5. The Morgan fingerprint density at radius 2 is 2.03 bits per heavy atom. The Balaban J connectivity index is 2.02. The first-order valence-corrected chi connectivity index (χ1v) is 10.9. The SMILES string of the molecule is C=C(C)C1COc2c(C)cc3oc4c(CC(O)C(C)(C)OC)ccc(O)c4c(=O)c3c2C1O. The lowest BCUT2D eigenvalue weighted by Crippen LogP contribution is -2.39. The third-order valence-electron chi connectivity index (χ3n) is 6.81. The maximum Gasteiger partial charge on any atom is 0.204 e. The summed E-state index contributed by atoms with van der Waals surface area (Å²) in [6, 6.07) is 4.74. The largest absolute Gasteiger partial charge is 0.507 e. The third-order valence-corrected chi connectivity index (χ3v) is 6.81. The van der Waals surface area contributed by atoms with Gasteiger partial charge >= 0.3 is 0 Å². The molecule has 0 bridgehead atoms. The Morgan fingerprint density at radius 1 is 1.33 bits per heavy atom. The summed E-state index contributed by atoms with van der Waals surface area (Å²) in [4.78, 5) is 13.7. The zero-order valence-corrected chi connectivity index (χ0v) is 19.6. The molecule has 7 heteroatoms. The molecule has 2 aromatic carbocycles. The van der Waals surface area contributed by atoms with Gasteiger partial charge in [0.05, 0.1) is 29.8 Å². The fourth-order valence-corrected chi connectivity index (χ4v) is 4.40. The molecule has 3 aromatic rings. The van der Waals surface area contributed by atoms with Gasteiger partial charge in [0, 0.05) is 25.0 Å². The van der Waals surface area contributed by atoms with Crippen molar-refractivity contribution in [1.29, 1.82) is 0 Å². The lowest BCUT2D eigenvalue weighted by atomic mass is 9.85. The Hall–Kier alpha value is -2.87. The Kier molecular flexibility index (Phi) is 5.76. The third kappa shape index (κ3) is 3.70. The second-order valence-corrected chi connectivity index (χ2v) is 9.42. The molecule has 1 aromatic heterocycles. The van der Waals surface area contributed by atoms with Gasteiger partial charge in [-0.05, 0) is 51.0 Å². The average Bonchev–Trinajstić information content (AvgIpc) is 2.75. The fraction of sp³-hybridized carbons (Fsp3) is 0.423. The summed E-state index contributed by atoms with van der Waals surface area (Å²) in [6.07, 6.45) is -1.73. The summed E-state index contributed by atoms with van der Waals surface area (Å²) in [5.74, 6) is -0.155. The molecule has 0 fully saturated rings. The van der Waals surface area contributed by atoms with Crippen molar-refractivity contribution < 1.29 is 29.2 Å². The number of methoxy groups -OCH3 is 1. The van der Waals surface area contributed by atoms with E-state index in [0.29, 0.717) is 16.9 Å². The van der Waals surface area contributed by atoms with Crippen molar-refractivity contribution in [3.63, 3.8) is 0 Å². The van der Waals surface area contributed by atoms with Crippen LogP contribution in [0.4, 0.5) is 0 Å². The van der Waals surface area contributed by atoms with E-state index in [9.17, 15) is 20.1 Å². The van der Waals surface area contributed by atoms with Gasteiger partial charge in [0.15, 0.2) is 0 Å². The van der Waals surface area contributed by atoms with Crippen molar-refractivity contribution in [3.8, 4) is 11.5 Å². The lowest BCUT2D eigenvalue weighted by molar-refractivity contribution is -0.0764. The number of fused-ring (bicyclic) bond motifs is 4. The van der Waals surface area contributed by atoms with E-state index in [1.54, 1.807) is 26.0 Å². The van der Waals surface area contributed by atoms with Crippen molar-refractivity contribution in [2.75, 3.05) is 13.7 Å². The molecule has 0 amide bonds. The van der Waals surface area contributed by atoms with Gasteiger partial charge < -0.3 is 29.2 Å². The van der Waals surface area contributed by atoms with Crippen molar-refractivity contribution in [2.45, 2.75) is 51.9 Å². The van der Waals surface area contributed by atoms with Crippen LogP contribution in [0.1, 0.15) is 43.6 Å². The van der Waals surface area contributed by atoms with Crippen LogP contribution < -0.4 is 10.2 Å². The normalized spacial score (nSPS) is 19.4. The molecule has 1 aliphatic rings. The standard InChI is InChI=1S/C26H30O7/c1-12(2)15-11-32-24-13(3)9-17-20(21(24)22(15)29)23(30)19-16(27)8-7-14(25(19)33-17)10-18(28)26(4,5)31-6/h7-9,15,18,22,27-29H,1,10-11H2,2-6H3. The van der Waals surface area contributed by atoms with Gasteiger partial charge in [0.2, 0.25) is 5.43 Å². The number of aliphatic hydroxyl groups excluding tert-OH is 2. The van der Waals surface area contributed by atoms with Gasteiger partial charge in [-0.25, -0.2) is 0 Å². The number of phenolic OH excluding ortho intramolecular Hbond substituents is 1. The van der Waals surface area contributed by atoms with E-state index in [2.05, 4.69) is 6.58 Å². The minimum atomic E-state index is -0.997. The number of ether oxygens (including phenoxy) is 2. The molecular formula is C26H30O7. The van der Waals surface area contributed by atoms with E-state index in [0.717, 1.165) is 11.1 Å². The monoisotopic (exact) mass is 454 g/mol. The highest BCUT2D eigenvalue weighted by Crippen LogP contribution is 2.44. The molecule has 1 aliphatic heterocycles. The topological polar surface area (TPSA) is 109 Å². The first-order chi connectivity index (χ1) is 15.5. The van der Waals surface area contributed by atoms with Gasteiger partial charge in [-0.15, -0.1) is 0 Å². The van der Waals surface area contributed by atoms with Crippen molar-refractivity contribution in [3.05, 3.63) is 57.3 Å². The first-order valence-electron chi connectivity index (χ1n) is 10.9. The first kappa shape index (κ1) is 23.3. The molecule has 176 valence electrons. The van der Waals surface area contributed by atoms with E-state index in [1.807, 2.05) is 13.8 Å². The van der Waals surface area contributed by atoms with Crippen LogP contribution in [0.3, 0.4) is 0 Å². The van der Waals surface area contributed by atoms with Crippen molar-refractivity contribution in [2.24, 2.45) is 5.92 Å². The lowest BCUT2D eigenvalue weighted by Gasteiger charge is -2.32. The van der Waals surface area contributed by atoms with Crippen LogP contribution in [0, 0.1) is 12.8 Å². The maximum absolute atomic E-state index is 13.7. The zero-order valence-electron chi connectivity index (χ0n) is 19.6. The summed E-state index contributed by atoms with van der Waals surface area (Å²) in [6.45, 7) is 11.4. The van der Waals surface area contributed by atoms with Crippen LogP contribution in [-0.4, -0.2) is 40.7 Å². The minimum absolute atomic E-state index is 0.00174. The van der Waals surface area contributed by atoms with Gasteiger partial charge in [-0.1, -0.05) is 18.2 Å². The van der Waals surface area contributed by atoms with Gasteiger partial charge in [0.1, 0.15) is 28.1 Å². The highest BCUT2D eigenvalue weighted by molar-refractivity contribution is 5.97. The summed E-state index contributed by atoms with van der Waals surface area (Å²) in [5, 5.41) is 32.6. The molecule has 3 unspecified atom stereocenters. The molecule has 0 radical (unpaired) electrons. The van der Waals surface area contributed by atoms with Crippen LogP contribution in [0.15, 0.2) is 39.6 Å². The van der Waals surface area contributed by atoms with Gasteiger partial charge in [-0.3, -0.25) is 4.79 Å². The fourth-order valence-electron chi connectivity index (χ4n) is 4.40. The Morgan fingerprint density at radius 3 is 2.67 bits per heavy atom. The van der Waals surface area contributed by atoms with Crippen LogP contribution >= 0.6 is 0 Å². The van der Waals surface area contributed by atoms with E-state index in [4.69, 9.17) is 13.9 Å². The summed E-state index contributed by atoms with van der Waals surface area (Å²) in [7, 11) is 1.52. The van der Waals surface area contributed by atoms with Gasteiger partial charge in [-0.2, -0.15) is 0 Å². The second kappa shape index (κ2) is 8.17. The Bertz CT molecular complexity index is 1320. The maximum atomic E-state index is 13.7. The molecule has 0 saturated heterocycles. The number of rotatable bonds is 5. The predicted octanol–water partition coefficient (Wildman–Crippen LogP) is 3.91. The van der Waals surface area contributed by atoms with E-state index in [-0.39, 0.29) is 46.6 Å². The molecule has 33 heavy (non-hydrogen) atoms. The van der Waals surface area contributed by atoms with E-state index >= 15 is 0 Å².